The van der Waals surface area contributed by atoms with Crippen LogP contribution in [0.15, 0.2) is 48.5 Å². The lowest BCUT2D eigenvalue weighted by atomic mass is 9.90. The third-order valence-corrected chi connectivity index (χ3v) is 8.07. The first-order valence-corrected chi connectivity index (χ1v) is 14.0. The van der Waals surface area contributed by atoms with Crippen LogP contribution in [0.4, 0.5) is 4.39 Å². The van der Waals surface area contributed by atoms with Crippen LogP contribution in [-0.2, 0) is 46.6 Å². The molecule has 0 spiro atoms. The highest BCUT2D eigenvalue weighted by Crippen LogP contribution is 2.38. The molecular weight excluding hydrogens is 495 g/mol. The van der Waals surface area contributed by atoms with Crippen molar-refractivity contribution in [2.24, 2.45) is 5.92 Å². The number of aromatic nitrogens is 1. The average molecular weight is 533 g/mol. The highest BCUT2D eigenvalue weighted by atomic mass is 19.1. The fourth-order valence-corrected chi connectivity index (χ4v) is 5.99. The van der Waals surface area contributed by atoms with E-state index >= 15 is 0 Å². The SMILES string of the molecule is CCOC(=O)C1CCN(C(=O)CCc2cc3c(n2CCc2cccc(F)c2)-c2ccc(OC)cc2CC3)CC1. The Kier molecular flexibility index (Phi) is 8.34. The number of aryl methyl sites for hydroxylation is 4. The molecule has 0 atom stereocenters. The van der Waals surface area contributed by atoms with Crippen LogP contribution in [0.2, 0.25) is 0 Å². The molecule has 1 aliphatic heterocycles. The summed E-state index contributed by atoms with van der Waals surface area (Å²) in [7, 11) is 1.69. The van der Waals surface area contributed by atoms with E-state index in [1.807, 2.05) is 24.0 Å². The van der Waals surface area contributed by atoms with Gasteiger partial charge >= 0.3 is 5.97 Å². The lowest BCUT2D eigenvalue weighted by molar-refractivity contribution is -0.151. The van der Waals surface area contributed by atoms with E-state index in [1.165, 1.54) is 28.5 Å². The number of halogens is 1. The zero-order valence-electron chi connectivity index (χ0n) is 22.9. The van der Waals surface area contributed by atoms with Crippen molar-refractivity contribution < 1.29 is 23.5 Å². The number of methoxy groups -OCH3 is 1. The van der Waals surface area contributed by atoms with E-state index in [2.05, 4.69) is 22.8 Å². The fraction of sp³-hybridized carbons (Fsp3) is 0.438. The van der Waals surface area contributed by atoms with Gasteiger partial charge in [0.1, 0.15) is 11.6 Å². The van der Waals surface area contributed by atoms with Crippen LogP contribution in [0.25, 0.3) is 11.3 Å². The number of esters is 1. The maximum Gasteiger partial charge on any atom is 0.309 e. The van der Waals surface area contributed by atoms with Crippen molar-refractivity contribution in [2.45, 2.75) is 58.4 Å². The van der Waals surface area contributed by atoms with Crippen LogP contribution in [0.5, 0.6) is 5.75 Å². The quantitative estimate of drug-likeness (QED) is 0.347. The number of likely N-dealkylation sites (tertiary alicyclic amines) is 1. The van der Waals surface area contributed by atoms with Crippen LogP contribution in [0.3, 0.4) is 0 Å². The van der Waals surface area contributed by atoms with Crippen LogP contribution >= 0.6 is 0 Å². The third-order valence-electron chi connectivity index (χ3n) is 8.07. The summed E-state index contributed by atoms with van der Waals surface area (Å²) in [5.74, 6) is 0.492. The smallest absolute Gasteiger partial charge is 0.309 e. The molecule has 1 fully saturated rings. The minimum absolute atomic E-state index is 0.112. The van der Waals surface area contributed by atoms with Gasteiger partial charge in [0.2, 0.25) is 5.91 Å². The zero-order valence-corrected chi connectivity index (χ0v) is 22.9. The molecule has 7 heteroatoms. The summed E-state index contributed by atoms with van der Waals surface area (Å²) >= 11 is 0. The molecule has 2 aliphatic rings. The van der Waals surface area contributed by atoms with Crippen molar-refractivity contribution in [1.82, 2.24) is 9.47 Å². The van der Waals surface area contributed by atoms with Crippen molar-refractivity contribution in [3.8, 4) is 17.0 Å². The minimum Gasteiger partial charge on any atom is -0.497 e. The molecule has 0 saturated carbocycles. The Morgan fingerprint density at radius 3 is 2.54 bits per heavy atom. The summed E-state index contributed by atoms with van der Waals surface area (Å²) in [6.45, 7) is 4.10. The first-order chi connectivity index (χ1) is 19.0. The van der Waals surface area contributed by atoms with E-state index in [0.717, 1.165) is 29.8 Å². The molecule has 2 heterocycles. The number of hydrogen-bond acceptors (Lipinski definition) is 4. The van der Waals surface area contributed by atoms with Crippen LogP contribution in [0.1, 0.15) is 48.6 Å². The first kappa shape index (κ1) is 27.0. The summed E-state index contributed by atoms with van der Waals surface area (Å²) < 4.78 is 26.8. The molecule has 1 amide bonds. The van der Waals surface area contributed by atoms with Crippen molar-refractivity contribution >= 4 is 11.9 Å². The van der Waals surface area contributed by atoms with Crippen molar-refractivity contribution in [3.63, 3.8) is 0 Å². The molecule has 39 heavy (non-hydrogen) atoms. The number of amides is 1. The average Bonchev–Trinajstić information content (AvgIpc) is 3.32. The zero-order chi connectivity index (χ0) is 27.4. The Morgan fingerprint density at radius 1 is 1.00 bits per heavy atom. The van der Waals surface area contributed by atoms with Gasteiger partial charge in [-0.1, -0.05) is 12.1 Å². The molecule has 1 saturated heterocycles. The molecule has 1 aliphatic carbocycles. The molecule has 0 N–H and O–H groups in total. The van der Waals surface area contributed by atoms with Crippen LogP contribution in [-0.4, -0.2) is 48.1 Å². The Labute approximate surface area is 229 Å². The molecule has 6 nitrogen and oxygen atoms in total. The molecule has 206 valence electrons. The van der Waals surface area contributed by atoms with Gasteiger partial charge in [0.25, 0.3) is 0 Å². The summed E-state index contributed by atoms with van der Waals surface area (Å²) in [4.78, 5) is 27.1. The number of benzene rings is 2. The summed E-state index contributed by atoms with van der Waals surface area (Å²) in [6.07, 6.45) is 4.95. The second-order valence-electron chi connectivity index (χ2n) is 10.5. The van der Waals surface area contributed by atoms with Gasteiger partial charge in [0, 0.05) is 37.3 Å². The maximum atomic E-state index is 13.9. The Hall–Kier alpha value is -3.61. The van der Waals surface area contributed by atoms with Gasteiger partial charge in [-0.25, -0.2) is 4.39 Å². The Bertz CT molecular complexity index is 1340. The third kappa shape index (κ3) is 6.02. The minimum atomic E-state index is -0.225. The number of ether oxygens (including phenoxy) is 2. The number of hydrogen-bond donors (Lipinski definition) is 0. The van der Waals surface area contributed by atoms with Gasteiger partial charge in [-0.05, 0) is 98.5 Å². The lowest BCUT2D eigenvalue weighted by Crippen LogP contribution is -2.40. The molecule has 1 aromatic heterocycles. The topological polar surface area (TPSA) is 60.8 Å². The molecule has 3 aromatic rings. The molecule has 0 radical (unpaired) electrons. The van der Waals surface area contributed by atoms with Gasteiger partial charge in [-0.15, -0.1) is 0 Å². The number of carbonyl (C=O) groups excluding carboxylic acids is 2. The standard InChI is InChI=1S/C32H37FN2O4/c1-3-39-32(37)23-14-16-34(17-15-23)30(36)12-9-27-20-25-8-7-24-21-28(38-2)10-11-29(24)31(25)35(27)18-13-22-5-4-6-26(33)19-22/h4-6,10-11,19-21,23H,3,7-9,12-18H2,1-2H3. The second-order valence-corrected chi connectivity index (χ2v) is 10.5. The first-order valence-electron chi connectivity index (χ1n) is 14.0. The number of piperidine rings is 1. The number of fused-ring (bicyclic) bond motifs is 3. The van der Waals surface area contributed by atoms with Crippen molar-refractivity contribution in [1.29, 1.82) is 0 Å². The van der Waals surface area contributed by atoms with Gasteiger partial charge < -0.3 is 18.9 Å². The summed E-state index contributed by atoms with van der Waals surface area (Å²) in [6, 6.07) is 15.3. The molecular formula is C32H37FN2O4. The summed E-state index contributed by atoms with van der Waals surface area (Å²) in [5, 5.41) is 0. The maximum absolute atomic E-state index is 13.9. The fourth-order valence-electron chi connectivity index (χ4n) is 5.99. The summed E-state index contributed by atoms with van der Waals surface area (Å²) in [5.41, 5.74) is 7.05. The highest BCUT2D eigenvalue weighted by Gasteiger charge is 2.29. The predicted molar refractivity (Wildman–Crippen MR) is 148 cm³/mol. The molecule has 2 aromatic carbocycles. The number of carbonyl (C=O) groups is 2. The normalized spacial score (nSPS) is 15.0. The van der Waals surface area contributed by atoms with Gasteiger partial charge in [0.15, 0.2) is 0 Å². The van der Waals surface area contributed by atoms with Crippen molar-refractivity contribution in [3.05, 3.63) is 76.7 Å². The molecule has 5 rings (SSSR count). The van der Waals surface area contributed by atoms with E-state index in [9.17, 15) is 14.0 Å². The van der Waals surface area contributed by atoms with Gasteiger partial charge in [-0.2, -0.15) is 0 Å². The van der Waals surface area contributed by atoms with Crippen LogP contribution < -0.4 is 4.74 Å². The predicted octanol–water partition coefficient (Wildman–Crippen LogP) is 5.38. The molecule has 0 bridgehead atoms. The lowest BCUT2D eigenvalue weighted by Gasteiger charge is -2.31. The van der Waals surface area contributed by atoms with Crippen LogP contribution in [0, 0.1) is 11.7 Å². The van der Waals surface area contributed by atoms with Gasteiger partial charge in [-0.3, -0.25) is 9.59 Å². The van der Waals surface area contributed by atoms with E-state index in [-0.39, 0.29) is 23.6 Å². The number of rotatable bonds is 9. The van der Waals surface area contributed by atoms with Gasteiger partial charge in [0.05, 0.1) is 25.3 Å². The Morgan fingerprint density at radius 2 is 1.79 bits per heavy atom. The largest absolute Gasteiger partial charge is 0.497 e. The number of nitrogens with zero attached hydrogens (tertiary/aromatic N) is 2. The molecule has 0 unspecified atom stereocenters. The highest BCUT2D eigenvalue weighted by molar-refractivity contribution is 5.78. The van der Waals surface area contributed by atoms with E-state index in [0.29, 0.717) is 58.3 Å². The Balaban J connectivity index is 1.34. The second kappa shape index (κ2) is 12.1. The van der Waals surface area contributed by atoms with E-state index in [1.54, 1.807) is 19.2 Å². The van der Waals surface area contributed by atoms with E-state index in [4.69, 9.17) is 9.47 Å². The van der Waals surface area contributed by atoms with E-state index < -0.39 is 0 Å². The van der Waals surface area contributed by atoms with Crippen molar-refractivity contribution in [2.75, 3.05) is 26.8 Å². The monoisotopic (exact) mass is 532 g/mol.